The molecular formula is C22H19ClN2O4. The Morgan fingerprint density at radius 3 is 2.41 bits per heavy atom. The Kier molecular flexibility index (Phi) is 6.14. The van der Waals surface area contributed by atoms with Gasteiger partial charge in [-0.15, -0.1) is 0 Å². The molecule has 0 aliphatic carbocycles. The first-order chi connectivity index (χ1) is 13.8. The predicted molar refractivity (Wildman–Crippen MR) is 110 cm³/mol. The van der Waals surface area contributed by atoms with Crippen molar-refractivity contribution >= 4 is 34.9 Å². The van der Waals surface area contributed by atoms with Gasteiger partial charge in [0.2, 0.25) is 6.10 Å². The number of aromatic nitrogens is 1. The standard InChI is InChI=1S/C22H19ClN2O4/c1-13-8-9-17(11-18(13)23)25-21(27)20(15-6-4-3-5-7-15)29-22(28)19-10-16(12-24-19)14(2)26/h3-12,20,24H,1-2H3,(H,25,27)/t20-/m1/s1. The van der Waals surface area contributed by atoms with E-state index in [4.69, 9.17) is 16.3 Å². The van der Waals surface area contributed by atoms with Crippen LogP contribution in [0.15, 0.2) is 60.8 Å². The molecule has 0 spiro atoms. The summed E-state index contributed by atoms with van der Waals surface area (Å²) in [6.07, 6.45) is 0.234. The average Bonchev–Trinajstić information content (AvgIpc) is 3.20. The number of Topliss-reactive ketones (excluding diaryl/α,β-unsaturated/α-hetero) is 1. The molecule has 1 aromatic heterocycles. The minimum atomic E-state index is -1.19. The highest BCUT2D eigenvalue weighted by molar-refractivity contribution is 6.31. The fourth-order valence-electron chi connectivity index (χ4n) is 2.67. The van der Waals surface area contributed by atoms with Crippen molar-refractivity contribution in [3.63, 3.8) is 0 Å². The molecule has 148 valence electrons. The summed E-state index contributed by atoms with van der Waals surface area (Å²) < 4.78 is 5.48. The Bertz CT molecular complexity index is 1060. The van der Waals surface area contributed by atoms with E-state index in [0.29, 0.717) is 21.8 Å². The summed E-state index contributed by atoms with van der Waals surface area (Å²) in [5, 5.41) is 3.24. The molecule has 0 bridgehead atoms. The van der Waals surface area contributed by atoms with Gasteiger partial charge >= 0.3 is 5.97 Å². The van der Waals surface area contributed by atoms with E-state index in [9.17, 15) is 14.4 Å². The fraction of sp³-hybridized carbons (Fsp3) is 0.136. The molecule has 7 heteroatoms. The van der Waals surface area contributed by atoms with Gasteiger partial charge in [0.15, 0.2) is 5.78 Å². The zero-order chi connectivity index (χ0) is 21.0. The van der Waals surface area contributed by atoms with E-state index in [1.165, 1.54) is 19.2 Å². The third-order valence-corrected chi connectivity index (χ3v) is 4.72. The van der Waals surface area contributed by atoms with E-state index in [2.05, 4.69) is 10.3 Å². The normalized spacial score (nSPS) is 11.6. The number of hydrogen-bond donors (Lipinski definition) is 2. The number of hydrogen-bond acceptors (Lipinski definition) is 4. The number of ether oxygens (including phenoxy) is 1. The number of ketones is 1. The number of rotatable bonds is 6. The lowest BCUT2D eigenvalue weighted by Gasteiger charge is -2.18. The molecule has 1 heterocycles. The zero-order valence-corrected chi connectivity index (χ0v) is 16.6. The van der Waals surface area contributed by atoms with Gasteiger partial charge in [-0.3, -0.25) is 9.59 Å². The zero-order valence-electron chi connectivity index (χ0n) is 15.9. The molecule has 2 aromatic carbocycles. The van der Waals surface area contributed by atoms with E-state index in [1.54, 1.807) is 48.5 Å². The molecular weight excluding hydrogens is 392 g/mol. The van der Waals surface area contributed by atoms with Gasteiger partial charge in [-0.05, 0) is 37.6 Å². The lowest BCUT2D eigenvalue weighted by atomic mass is 10.1. The topological polar surface area (TPSA) is 88.3 Å². The first-order valence-corrected chi connectivity index (χ1v) is 9.25. The van der Waals surface area contributed by atoms with E-state index < -0.39 is 18.0 Å². The second-order valence-electron chi connectivity index (χ2n) is 6.51. The molecule has 0 radical (unpaired) electrons. The minimum Gasteiger partial charge on any atom is -0.443 e. The van der Waals surface area contributed by atoms with Crippen LogP contribution in [-0.2, 0) is 9.53 Å². The van der Waals surface area contributed by atoms with Crippen LogP contribution in [0.2, 0.25) is 5.02 Å². The van der Waals surface area contributed by atoms with Gasteiger partial charge in [0.1, 0.15) is 5.69 Å². The molecule has 1 amide bonds. The molecule has 2 N–H and O–H groups in total. The van der Waals surface area contributed by atoms with Crippen molar-refractivity contribution in [1.29, 1.82) is 0 Å². The Balaban J connectivity index is 1.84. The van der Waals surface area contributed by atoms with Crippen molar-refractivity contribution in [2.24, 2.45) is 0 Å². The number of benzene rings is 2. The van der Waals surface area contributed by atoms with Crippen LogP contribution in [0.1, 0.15) is 45.0 Å². The molecule has 0 aliphatic heterocycles. The molecule has 0 aliphatic rings. The lowest BCUT2D eigenvalue weighted by Crippen LogP contribution is -2.26. The smallest absolute Gasteiger partial charge is 0.355 e. The highest BCUT2D eigenvalue weighted by Crippen LogP contribution is 2.24. The van der Waals surface area contributed by atoms with Gasteiger partial charge in [0, 0.05) is 28.0 Å². The number of aryl methyl sites for hydroxylation is 1. The summed E-state index contributed by atoms with van der Waals surface area (Å²) in [4.78, 5) is 39.6. The van der Waals surface area contributed by atoms with Crippen molar-refractivity contribution in [2.75, 3.05) is 5.32 Å². The van der Waals surface area contributed by atoms with Gasteiger partial charge in [0.05, 0.1) is 0 Å². The van der Waals surface area contributed by atoms with Gasteiger partial charge < -0.3 is 15.0 Å². The quantitative estimate of drug-likeness (QED) is 0.454. The van der Waals surface area contributed by atoms with Crippen LogP contribution in [0.3, 0.4) is 0 Å². The Labute approximate surface area is 172 Å². The summed E-state index contributed by atoms with van der Waals surface area (Å²) >= 11 is 6.12. The highest BCUT2D eigenvalue weighted by atomic mass is 35.5. The number of nitrogens with one attached hydrogen (secondary N) is 2. The SMILES string of the molecule is CC(=O)c1c[nH]c(C(=O)O[C@@H](C(=O)Nc2ccc(C)c(Cl)c2)c2ccccc2)c1. The van der Waals surface area contributed by atoms with Gasteiger partial charge in [-0.25, -0.2) is 4.79 Å². The Hall–Kier alpha value is -3.38. The summed E-state index contributed by atoms with van der Waals surface area (Å²) in [6, 6.07) is 15.2. The lowest BCUT2D eigenvalue weighted by molar-refractivity contribution is -0.125. The van der Waals surface area contributed by atoms with Crippen LogP contribution in [-0.4, -0.2) is 22.6 Å². The fourth-order valence-corrected chi connectivity index (χ4v) is 2.85. The monoisotopic (exact) mass is 410 g/mol. The number of esters is 1. The van der Waals surface area contributed by atoms with Crippen molar-refractivity contribution in [2.45, 2.75) is 20.0 Å². The maximum absolute atomic E-state index is 12.9. The maximum Gasteiger partial charge on any atom is 0.355 e. The van der Waals surface area contributed by atoms with Crippen molar-refractivity contribution in [3.05, 3.63) is 88.2 Å². The van der Waals surface area contributed by atoms with Crippen LogP contribution >= 0.6 is 11.6 Å². The van der Waals surface area contributed by atoms with E-state index in [1.807, 2.05) is 6.92 Å². The highest BCUT2D eigenvalue weighted by Gasteiger charge is 2.26. The number of aromatic amines is 1. The average molecular weight is 411 g/mol. The Morgan fingerprint density at radius 2 is 1.79 bits per heavy atom. The van der Waals surface area contributed by atoms with Gasteiger partial charge in [-0.2, -0.15) is 0 Å². The third kappa shape index (κ3) is 4.92. The second-order valence-corrected chi connectivity index (χ2v) is 6.91. The largest absolute Gasteiger partial charge is 0.443 e. The summed E-state index contributed by atoms with van der Waals surface area (Å²) in [5.41, 5.74) is 2.31. The van der Waals surface area contributed by atoms with Crippen molar-refractivity contribution < 1.29 is 19.1 Å². The molecule has 3 rings (SSSR count). The van der Waals surface area contributed by atoms with E-state index in [-0.39, 0.29) is 11.5 Å². The molecule has 0 saturated heterocycles. The summed E-state index contributed by atoms with van der Waals surface area (Å²) in [6.45, 7) is 3.25. The number of amides is 1. The van der Waals surface area contributed by atoms with Crippen LogP contribution in [0.5, 0.6) is 0 Å². The number of carbonyl (C=O) groups is 3. The molecule has 0 saturated carbocycles. The number of anilines is 1. The summed E-state index contributed by atoms with van der Waals surface area (Å²) in [5.74, 6) is -1.46. The van der Waals surface area contributed by atoms with Gasteiger partial charge in [-0.1, -0.05) is 48.0 Å². The van der Waals surface area contributed by atoms with Gasteiger partial charge in [0.25, 0.3) is 5.91 Å². The molecule has 0 fully saturated rings. The second kappa shape index (κ2) is 8.75. The van der Waals surface area contributed by atoms with E-state index in [0.717, 1.165) is 5.56 Å². The van der Waals surface area contributed by atoms with Crippen molar-refractivity contribution in [3.8, 4) is 0 Å². The van der Waals surface area contributed by atoms with Crippen LogP contribution in [0.4, 0.5) is 5.69 Å². The summed E-state index contributed by atoms with van der Waals surface area (Å²) in [7, 11) is 0. The minimum absolute atomic E-state index is 0.0855. The number of H-pyrrole nitrogens is 1. The predicted octanol–water partition coefficient (Wildman–Crippen LogP) is 4.72. The molecule has 6 nitrogen and oxygen atoms in total. The molecule has 0 unspecified atom stereocenters. The Morgan fingerprint density at radius 1 is 1.07 bits per heavy atom. The van der Waals surface area contributed by atoms with Crippen LogP contribution < -0.4 is 5.32 Å². The maximum atomic E-state index is 12.9. The van der Waals surface area contributed by atoms with Crippen LogP contribution in [0.25, 0.3) is 0 Å². The van der Waals surface area contributed by atoms with Crippen LogP contribution in [0, 0.1) is 6.92 Å². The molecule has 29 heavy (non-hydrogen) atoms. The van der Waals surface area contributed by atoms with E-state index >= 15 is 0 Å². The number of halogens is 1. The first-order valence-electron chi connectivity index (χ1n) is 8.87. The van der Waals surface area contributed by atoms with Crippen molar-refractivity contribution in [1.82, 2.24) is 4.98 Å². The molecule has 1 atom stereocenters. The first kappa shape index (κ1) is 20.4. The third-order valence-electron chi connectivity index (χ3n) is 4.31. The molecule has 3 aromatic rings. The number of carbonyl (C=O) groups excluding carboxylic acids is 3.